The number of nitrogens with one attached hydrogen (secondary N) is 1. The largest absolute Gasteiger partial charge is 0.478 e. The fraction of sp³-hybridized carbons (Fsp3) is 0.556. The smallest absolute Gasteiger partial charge is 0.335 e. The van der Waals surface area contributed by atoms with Gasteiger partial charge in [0.25, 0.3) is 5.91 Å². The molecular weight excluding hydrogens is 294 g/mol. The van der Waals surface area contributed by atoms with Crippen molar-refractivity contribution in [3.8, 4) is 0 Å². The Morgan fingerprint density at radius 2 is 1.83 bits per heavy atom. The molecule has 2 atom stereocenters. The van der Waals surface area contributed by atoms with Crippen LogP contribution in [0.1, 0.15) is 59.7 Å². The van der Waals surface area contributed by atoms with E-state index in [0.717, 1.165) is 19.3 Å². The third kappa shape index (κ3) is 2.85. The second-order valence-corrected chi connectivity index (χ2v) is 6.53. The molecular formula is C18H23NO4. The third-order valence-electron chi connectivity index (χ3n) is 5.39. The predicted octanol–water partition coefficient (Wildman–Crippen LogP) is 2.85. The van der Waals surface area contributed by atoms with Gasteiger partial charge in [-0.05, 0) is 50.5 Å². The van der Waals surface area contributed by atoms with Crippen molar-refractivity contribution < 1.29 is 19.4 Å². The molecule has 5 nitrogen and oxygen atoms in total. The van der Waals surface area contributed by atoms with Crippen LogP contribution in [0, 0.1) is 5.41 Å². The molecule has 0 saturated heterocycles. The lowest BCUT2D eigenvalue weighted by Crippen LogP contribution is -2.63. The number of carboxylic acid groups (broad SMARTS) is 1. The Kier molecular flexibility index (Phi) is 4.39. The van der Waals surface area contributed by atoms with Crippen molar-refractivity contribution in [3.05, 3.63) is 35.4 Å². The molecule has 2 fully saturated rings. The van der Waals surface area contributed by atoms with E-state index < -0.39 is 5.97 Å². The van der Waals surface area contributed by atoms with Gasteiger partial charge in [-0.25, -0.2) is 4.79 Å². The molecule has 0 aromatic heterocycles. The Morgan fingerprint density at radius 1 is 1.22 bits per heavy atom. The number of ether oxygens (including phenoxy) is 1. The van der Waals surface area contributed by atoms with E-state index in [9.17, 15) is 9.59 Å². The Morgan fingerprint density at radius 3 is 2.39 bits per heavy atom. The summed E-state index contributed by atoms with van der Waals surface area (Å²) in [5.74, 6) is -1.12. The summed E-state index contributed by atoms with van der Waals surface area (Å²) in [5, 5.41) is 12.0. The molecule has 0 radical (unpaired) electrons. The summed E-state index contributed by atoms with van der Waals surface area (Å²) in [5.41, 5.74) is 0.795. The molecule has 23 heavy (non-hydrogen) atoms. The highest BCUT2D eigenvalue weighted by molar-refractivity contribution is 5.96. The predicted molar refractivity (Wildman–Crippen MR) is 85.6 cm³/mol. The van der Waals surface area contributed by atoms with E-state index in [1.165, 1.54) is 25.0 Å². The van der Waals surface area contributed by atoms with E-state index in [2.05, 4.69) is 5.32 Å². The highest BCUT2D eigenvalue weighted by Crippen LogP contribution is 2.54. The zero-order chi connectivity index (χ0) is 16.4. The van der Waals surface area contributed by atoms with E-state index in [0.29, 0.717) is 12.2 Å². The first-order valence-corrected chi connectivity index (χ1v) is 8.32. The van der Waals surface area contributed by atoms with Crippen molar-refractivity contribution in [2.24, 2.45) is 5.41 Å². The summed E-state index contributed by atoms with van der Waals surface area (Å²) in [6.07, 6.45) is 5.75. The summed E-state index contributed by atoms with van der Waals surface area (Å²) < 4.78 is 5.86. The minimum Gasteiger partial charge on any atom is -0.478 e. The van der Waals surface area contributed by atoms with Crippen LogP contribution in [0.4, 0.5) is 0 Å². The highest BCUT2D eigenvalue weighted by atomic mass is 16.5. The number of hydrogen-bond donors (Lipinski definition) is 2. The molecule has 1 aromatic rings. The maximum Gasteiger partial charge on any atom is 0.335 e. The van der Waals surface area contributed by atoms with Crippen molar-refractivity contribution in [1.82, 2.24) is 5.32 Å². The summed E-state index contributed by atoms with van der Waals surface area (Å²) in [7, 11) is 0. The molecule has 3 rings (SSSR count). The molecule has 124 valence electrons. The number of aromatic carboxylic acids is 1. The van der Waals surface area contributed by atoms with Gasteiger partial charge in [0.05, 0.1) is 11.7 Å². The molecule has 2 aliphatic carbocycles. The average Bonchev–Trinajstić information content (AvgIpc) is 3.06. The number of carbonyl (C=O) groups excluding carboxylic acids is 1. The van der Waals surface area contributed by atoms with Gasteiger partial charge in [0.1, 0.15) is 0 Å². The van der Waals surface area contributed by atoms with Gasteiger partial charge < -0.3 is 15.2 Å². The van der Waals surface area contributed by atoms with Crippen molar-refractivity contribution >= 4 is 11.9 Å². The van der Waals surface area contributed by atoms with Gasteiger partial charge in [-0.1, -0.05) is 12.8 Å². The van der Waals surface area contributed by atoms with Crippen molar-refractivity contribution in [2.75, 3.05) is 6.61 Å². The summed E-state index contributed by atoms with van der Waals surface area (Å²) in [6, 6.07) is 6.23. The van der Waals surface area contributed by atoms with Gasteiger partial charge in [-0.2, -0.15) is 0 Å². The van der Waals surface area contributed by atoms with Crippen LogP contribution in [0.15, 0.2) is 24.3 Å². The molecule has 0 aliphatic heterocycles. The fourth-order valence-corrected chi connectivity index (χ4v) is 4.09. The molecule has 2 saturated carbocycles. The van der Waals surface area contributed by atoms with Crippen LogP contribution in [0.25, 0.3) is 0 Å². The maximum atomic E-state index is 12.4. The topological polar surface area (TPSA) is 75.6 Å². The number of hydrogen-bond acceptors (Lipinski definition) is 3. The quantitative estimate of drug-likeness (QED) is 0.875. The van der Waals surface area contributed by atoms with E-state index in [4.69, 9.17) is 9.84 Å². The van der Waals surface area contributed by atoms with E-state index >= 15 is 0 Å². The highest BCUT2D eigenvalue weighted by Gasteiger charge is 2.57. The van der Waals surface area contributed by atoms with Gasteiger partial charge in [-0.15, -0.1) is 0 Å². The van der Waals surface area contributed by atoms with E-state index in [1.807, 2.05) is 6.92 Å². The molecule has 2 N–H and O–H groups in total. The second-order valence-electron chi connectivity index (χ2n) is 6.53. The van der Waals surface area contributed by atoms with Crippen LogP contribution in [0.3, 0.4) is 0 Å². The molecule has 2 unspecified atom stereocenters. The molecule has 0 bridgehead atoms. The van der Waals surface area contributed by atoms with Crippen LogP contribution in [-0.2, 0) is 4.74 Å². The lowest BCUT2D eigenvalue weighted by molar-refractivity contribution is -0.127. The summed E-state index contributed by atoms with van der Waals surface area (Å²) >= 11 is 0. The lowest BCUT2D eigenvalue weighted by Gasteiger charge is -2.54. The molecule has 1 amide bonds. The first kappa shape index (κ1) is 16.0. The Hall–Kier alpha value is -1.88. The van der Waals surface area contributed by atoms with Crippen molar-refractivity contribution in [2.45, 2.75) is 51.2 Å². The zero-order valence-electron chi connectivity index (χ0n) is 13.4. The van der Waals surface area contributed by atoms with Crippen LogP contribution in [0.2, 0.25) is 0 Å². The number of carbonyl (C=O) groups is 2. The van der Waals surface area contributed by atoms with E-state index in [-0.39, 0.29) is 29.0 Å². The Labute approximate surface area is 136 Å². The first-order chi connectivity index (χ1) is 11.1. The van der Waals surface area contributed by atoms with E-state index in [1.54, 1.807) is 12.1 Å². The SMILES string of the molecule is CCOC1CC(NC(=O)c2ccc(C(=O)O)cc2)C12CCCC2. The Bertz CT molecular complexity index is 590. The minimum atomic E-state index is -0.986. The van der Waals surface area contributed by atoms with Gasteiger partial charge >= 0.3 is 5.97 Å². The average molecular weight is 317 g/mol. The Balaban J connectivity index is 1.67. The molecule has 1 spiro atoms. The second kappa shape index (κ2) is 6.32. The molecule has 0 heterocycles. The third-order valence-corrected chi connectivity index (χ3v) is 5.39. The van der Waals surface area contributed by atoms with Crippen LogP contribution in [0.5, 0.6) is 0 Å². The van der Waals surface area contributed by atoms with Gasteiger partial charge in [0.15, 0.2) is 0 Å². The fourth-order valence-electron chi connectivity index (χ4n) is 4.09. The number of amides is 1. The number of carboxylic acids is 1. The van der Waals surface area contributed by atoms with Crippen LogP contribution < -0.4 is 5.32 Å². The standard InChI is InChI=1S/C18H23NO4/c1-2-23-15-11-14(18(15)9-3-4-10-18)19-16(20)12-5-7-13(8-6-12)17(21)22/h5-8,14-15H,2-4,9-11H2,1H3,(H,19,20)(H,21,22). The summed E-state index contributed by atoms with van der Waals surface area (Å²) in [6.45, 7) is 2.72. The van der Waals surface area contributed by atoms with Gasteiger partial charge in [0.2, 0.25) is 0 Å². The minimum absolute atomic E-state index is 0.104. The van der Waals surface area contributed by atoms with Gasteiger partial charge in [-0.3, -0.25) is 4.79 Å². The summed E-state index contributed by atoms with van der Waals surface area (Å²) in [4.78, 5) is 23.3. The first-order valence-electron chi connectivity index (χ1n) is 8.32. The molecule has 1 aromatic carbocycles. The lowest BCUT2D eigenvalue weighted by atomic mass is 9.60. The van der Waals surface area contributed by atoms with Crippen molar-refractivity contribution in [3.63, 3.8) is 0 Å². The number of benzene rings is 1. The maximum absolute atomic E-state index is 12.4. The molecule has 2 aliphatic rings. The number of rotatable bonds is 5. The van der Waals surface area contributed by atoms with Gasteiger partial charge in [0, 0.05) is 23.6 Å². The van der Waals surface area contributed by atoms with Crippen molar-refractivity contribution in [1.29, 1.82) is 0 Å². The normalized spacial score (nSPS) is 25.1. The van der Waals surface area contributed by atoms with Crippen LogP contribution >= 0.6 is 0 Å². The van der Waals surface area contributed by atoms with Crippen LogP contribution in [-0.4, -0.2) is 35.7 Å². The molecule has 5 heteroatoms. The monoisotopic (exact) mass is 317 g/mol. The zero-order valence-corrected chi connectivity index (χ0v) is 13.4.